The van der Waals surface area contributed by atoms with Crippen LogP contribution in [0.2, 0.25) is 0 Å². The van der Waals surface area contributed by atoms with Crippen molar-refractivity contribution in [2.45, 2.75) is 31.7 Å². The summed E-state index contributed by atoms with van der Waals surface area (Å²) in [5.74, 6) is 1.17. The molecule has 9 nitrogen and oxygen atoms in total. The van der Waals surface area contributed by atoms with Gasteiger partial charge in [0.15, 0.2) is 0 Å². The van der Waals surface area contributed by atoms with Crippen LogP contribution in [-0.4, -0.2) is 19.2 Å². The minimum Gasteiger partial charge on any atom is -0.466 e. The Balaban J connectivity index is 1.71. The molecule has 0 aliphatic carbocycles. The molecule has 1 amide bonds. The van der Waals surface area contributed by atoms with Gasteiger partial charge in [0, 0.05) is 28.9 Å². The molecule has 0 fully saturated rings. The SMILES string of the molecule is Cc1cc(C(C)NC(=O)c2ccc(NS(=O)(=O)c3cccc([N+](=O)[O-])c3)cc2)c(C)o1. The van der Waals surface area contributed by atoms with E-state index in [0.717, 1.165) is 23.2 Å². The number of carbonyl (C=O) groups excluding carboxylic acids is 1. The van der Waals surface area contributed by atoms with Gasteiger partial charge in [-0.1, -0.05) is 6.07 Å². The number of anilines is 1. The van der Waals surface area contributed by atoms with E-state index in [9.17, 15) is 23.3 Å². The first-order valence-corrected chi connectivity index (χ1v) is 10.8. The molecule has 0 aliphatic rings. The molecule has 3 rings (SSSR count). The maximum Gasteiger partial charge on any atom is 0.270 e. The number of sulfonamides is 1. The van der Waals surface area contributed by atoms with Gasteiger partial charge in [0.25, 0.3) is 21.6 Å². The lowest BCUT2D eigenvalue weighted by atomic mass is 10.1. The van der Waals surface area contributed by atoms with Crippen LogP contribution in [0.15, 0.2) is 63.9 Å². The Morgan fingerprint density at radius 1 is 1.10 bits per heavy atom. The summed E-state index contributed by atoms with van der Waals surface area (Å²) in [6, 6.07) is 12.2. The molecule has 31 heavy (non-hydrogen) atoms. The van der Waals surface area contributed by atoms with E-state index in [1.54, 1.807) is 0 Å². The van der Waals surface area contributed by atoms with Crippen LogP contribution in [-0.2, 0) is 10.0 Å². The zero-order valence-corrected chi connectivity index (χ0v) is 17.9. The van der Waals surface area contributed by atoms with Crippen molar-refractivity contribution in [2.75, 3.05) is 4.72 Å². The number of nitro groups is 1. The van der Waals surface area contributed by atoms with Crippen molar-refractivity contribution < 1.29 is 22.6 Å². The Hall–Kier alpha value is -3.66. The number of carbonyl (C=O) groups is 1. The van der Waals surface area contributed by atoms with Crippen LogP contribution >= 0.6 is 0 Å². The second kappa shape index (κ2) is 8.60. The van der Waals surface area contributed by atoms with E-state index >= 15 is 0 Å². The number of rotatable bonds is 7. The van der Waals surface area contributed by atoms with Gasteiger partial charge in [0.05, 0.1) is 15.9 Å². The van der Waals surface area contributed by atoms with Gasteiger partial charge in [-0.15, -0.1) is 0 Å². The Labute approximate surface area is 179 Å². The molecule has 0 radical (unpaired) electrons. The fourth-order valence-electron chi connectivity index (χ4n) is 3.11. The van der Waals surface area contributed by atoms with Gasteiger partial charge in [0.2, 0.25) is 0 Å². The van der Waals surface area contributed by atoms with Gasteiger partial charge in [-0.05, 0) is 57.2 Å². The Morgan fingerprint density at radius 3 is 2.35 bits per heavy atom. The number of aryl methyl sites for hydroxylation is 2. The first-order valence-electron chi connectivity index (χ1n) is 9.32. The molecule has 162 valence electrons. The second-order valence-corrected chi connectivity index (χ2v) is 8.68. The zero-order valence-electron chi connectivity index (χ0n) is 17.1. The normalized spacial score (nSPS) is 12.2. The molecule has 2 aromatic carbocycles. The maximum absolute atomic E-state index is 12.5. The molecule has 0 saturated carbocycles. The third-order valence-electron chi connectivity index (χ3n) is 4.63. The van der Waals surface area contributed by atoms with E-state index in [1.807, 2.05) is 26.8 Å². The van der Waals surface area contributed by atoms with Crippen molar-refractivity contribution in [3.8, 4) is 0 Å². The van der Waals surface area contributed by atoms with E-state index in [0.29, 0.717) is 5.56 Å². The highest BCUT2D eigenvalue weighted by Crippen LogP contribution is 2.23. The van der Waals surface area contributed by atoms with Crippen LogP contribution in [0.1, 0.15) is 40.4 Å². The second-order valence-electron chi connectivity index (χ2n) is 7.00. The summed E-state index contributed by atoms with van der Waals surface area (Å²) in [5.41, 5.74) is 1.12. The molecule has 10 heteroatoms. The van der Waals surface area contributed by atoms with Gasteiger partial charge in [-0.25, -0.2) is 8.42 Å². The van der Waals surface area contributed by atoms with Gasteiger partial charge in [-0.2, -0.15) is 0 Å². The number of non-ortho nitro benzene ring substituents is 1. The van der Waals surface area contributed by atoms with Crippen LogP contribution in [0.3, 0.4) is 0 Å². The number of hydrogen-bond donors (Lipinski definition) is 2. The summed E-state index contributed by atoms with van der Waals surface area (Å²) in [4.78, 5) is 22.5. The smallest absolute Gasteiger partial charge is 0.270 e. The zero-order chi connectivity index (χ0) is 22.8. The summed E-state index contributed by atoms with van der Waals surface area (Å²) in [7, 11) is -4.03. The summed E-state index contributed by atoms with van der Waals surface area (Å²) < 4.78 is 32.9. The summed E-state index contributed by atoms with van der Waals surface area (Å²) in [6.45, 7) is 5.50. The molecule has 1 heterocycles. The number of nitro benzene ring substituents is 1. The summed E-state index contributed by atoms with van der Waals surface area (Å²) in [6.07, 6.45) is 0. The lowest BCUT2D eigenvalue weighted by Gasteiger charge is -2.14. The fourth-order valence-corrected chi connectivity index (χ4v) is 4.20. The van der Waals surface area contributed by atoms with E-state index in [2.05, 4.69) is 10.0 Å². The van der Waals surface area contributed by atoms with Gasteiger partial charge in [-0.3, -0.25) is 19.6 Å². The first kappa shape index (κ1) is 22.0. The average Bonchev–Trinajstić information content (AvgIpc) is 3.06. The van der Waals surface area contributed by atoms with Crippen LogP contribution in [0.25, 0.3) is 0 Å². The molecule has 0 aliphatic heterocycles. The number of amides is 1. The highest BCUT2D eigenvalue weighted by Gasteiger charge is 2.19. The van der Waals surface area contributed by atoms with Crippen molar-refractivity contribution in [3.05, 3.63) is 87.4 Å². The Kier molecular flexibility index (Phi) is 6.11. The van der Waals surface area contributed by atoms with Gasteiger partial charge in [0.1, 0.15) is 11.5 Å². The third-order valence-corrected chi connectivity index (χ3v) is 6.01. The van der Waals surface area contributed by atoms with E-state index in [-0.39, 0.29) is 28.2 Å². The maximum atomic E-state index is 12.5. The lowest BCUT2D eigenvalue weighted by Crippen LogP contribution is -2.26. The summed E-state index contributed by atoms with van der Waals surface area (Å²) >= 11 is 0. The van der Waals surface area contributed by atoms with Crippen molar-refractivity contribution in [1.29, 1.82) is 0 Å². The highest BCUT2D eigenvalue weighted by atomic mass is 32.2. The lowest BCUT2D eigenvalue weighted by molar-refractivity contribution is -0.385. The van der Waals surface area contributed by atoms with Crippen molar-refractivity contribution in [2.24, 2.45) is 0 Å². The molecule has 0 spiro atoms. The predicted octanol–water partition coefficient (Wildman–Crippen LogP) is 4.10. The van der Waals surface area contributed by atoms with Crippen LogP contribution < -0.4 is 10.0 Å². The average molecular weight is 443 g/mol. The van der Waals surface area contributed by atoms with E-state index in [4.69, 9.17) is 4.42 Å². The van der Waals surface area contributed by atoms with E-state index < -0.39 is 14.9 Å². The largest absolute Gasteiger partial charge is 0.466 e. The Morgan fingerprint density at radius 2 is 1.77 bits per heavy atom. The number of benzene rings is 2. The minimum absolute atomic E-state index is 0.220. The monoisotopic (exact) mass is 443 g/mol. The molecular weight excluding hydrogens is 422 g/mol. The first-order chi connectivity index (χ1) is 14.6. The van der Waals surface area contributed by atoms with Crippen molar-refractivity contribution in [1.82, 2.24) is 5.32 Å². The molecular formula is C21H21N3O6S. The molecule has 1 aromatic heterocycles. The molecule has 2 N–H and O–H groups in total. The fraction of sp³-hybridized carbons (Fsp3) is 0.190. The predicted molar refractivity (Wildman–Crippen MR) is 114 cm³/mol. The molecule has 3 aromatic rings. The molecule has 0 bridgehead atoms. The highest BCUT2D eigenvalue weighted by molar-refractivity contribution is 7.92. The third kappa shape index (κ3) is 5.10. The molecule has 1 atom stereocenters. The summed E-state index contributed by atoms with van der Waals surface area (Å²) in [5, 5.41) is 13.7. The number of nitrogens with one attached hydrogen (secondary N) is 2. The van der Waals surface area contributed by atoms with Crippen molar-refractivity contribution >= 4 is 27.3 Å². The quantitative estimate of drug-likeness (QED) is 0.417. The van der Waals surface area contributed by atoms with Crippen LogP contribution in [0.5, 0.6) is 0 Å². The number of nitrogens with zero attached hydrogens (tertiary/aromatic N) is 1. The number of hydrogen-bond acceptors (Lipinski definition) is 6. The standard InChI is InChI=1S/C21H21N3O6S/c1-13-11-20(15(3)30-13)14(2)22-21(25)16-7-9-17(10-8-16)23-31(28,29)19-6-4-5-18(12-19)24(26)27/h4-12,14,23H,1-3H3,(H,22,25). The van der Waals surface area contributed by atoms with Crippen LogP contribution in [0, 0.1) is 24.0 Å². The Bertz CT molecular complexity index is 1230. The molecule has 1 unspecified atom stereocenters. The van der Waals surface area contributed by atoms with Gasteiger partial charge >= 0.3 is 0 Å². The van der Waals surface area contributed by atoms with Crippen LogP contribution in [0.4, 0.5) is 11.4 Å². The van der Waals surface area contributed by atoms with Crippen molar-refractivity contribution in [3.63, 3.8) is 0 Å². The number of furan rings is 1. The topological polar surface area (TPSA) is 132 Å². The molecule has 0 saturated heterocycles. The minimum atomic E-state index is -4.03. The van der Waals surface area contributed by atoms with E-state index in [1.165, 1.54) is 42.5 Å². The van der Waals surface area contributed by atoms with Gasteiger partial charge < -0.3 is 9.73 Å².